The molecule has 0 saturated heterocycles. The number of nitrogens with one attached hydrogen (secondary N) is 1. The minimum Gasteiger partial charge on any atom is -0.496 e. The molecule has 0 bridgehead atoms. The van der Waals surface area contributed by atoms with E-state index in [0.717, 1.165) is 16.3 Å². The van der Waals surface area contributed by atoms with E-state index in [-0.39, 0.29) is 11.9 Å². The zero-order chi connectivity index (χ0) is 17.5. The number of benzene rings is 1. The van der Waals surface area contributed by atoms with Crippen LogP contribution in [0.15, 0.2) is 29.6 Å². The summed E-state index contributed by atoms with van der Waals surface area (Å²) < 4.78 is 5.41. The van der Waals surface area contributed by atoms with Crippen LogP contribution in [0.2, 0.25) is 0 Å². The fraction of sp³-hybridized carbons (Fsp3) is 0.444. The number of para-hydroxylation sites is 1. The van der Waals surface area contributed by atoms with E-state index in [0.29, 0.717) is 31.0 Å². The van der Waals surface area contributed by atoms with Crippen molar-refractivity contribution in [2.75, 3.05) is 13.7 Å². The van der Waals surface area contributed by atoms with E-state index < -0.39 is 0 Å². The molecule has 0 saturated carbocycles. The second-order valence-electron chi connectivity index (χ2n) is 6.01. The van der Waals surface area contributed by atoms with Crippen LogP contribution in [0.1, 0.15) is 34.9 Å². The Morgan fingerprint density at radius 3 is 2.79 bits per heavy atom. The number of nitrogens with zero attached hydrogens (tertiary/aromatic N) is 1. The van der Waals surface area contributed by atoms with Crippen LogP contribution in [-0.4, -0.2) is 30.6 Å². The number of carbonyl (C=O) groups is 1. The molecule has 2 aromatic rings. The molecular formula is C18H25N3O2S. The van der Waals surface area contributed by atoms with Crippen molar-refractivity contribution in [2.45, 2.75) is 32.7 Å². The summed E-state index contributed by atoms with van der Waals surface area (Å²) in [5.41, 5.74) is 7.09. The Labute approximate surface area is 147 Å². The molecular weight excluding hydrogens is 322 g/mol. The largest absolute Gasteiger partial charge is 0.496 e. The van der Waals surface area contributed by atoms with E-state index in [9.17, 15) is 4.79 Å². The highest BCUT2D eigenvalue weighted by molar-refractivity contribution is 7.09. The normalized spacial score (nSPS) is 12.2. The molecule has 2 rings (SSSR count). The summed E-state index contributed by atoms with van der Waals surface area (Å²) in [6.07, 6.45) is 1.42. The van der Waals surface area contributed by atoms with Crippen LogP contribution in [-0.2, 0) is 12.8 Å². The number of rotatable bonds is 8. The van der Waals surface area contributed by atoms with Crippen LogP contribution in [0.4, 0.5) is 0 Å². The Hall–Kier alpha value is -1.92. The van der Waals surface area contributed by atoms with Gasteiger partial charge in [-0.1, -0.05) is 32.0 Å². The van der Waals surface area contributed by atoms with Gasteiger partial charge in [-0.15, -0.1) is 11.3 Å². The minimum atomic E-state index is -0.136. The lowest BCUT2D eigenvalue weighted by Gasteiger charge is -2.23. The van der Waals surface area contributed by atoms with E-state index in [4.69, 9.17) is 10.5 Å². The Balaban J connectivity index is 2.08. The van der Waals surface area contributed by atoms with Crippen molar-refractivity contribution in [3.8, 4) is 5.75 Å². The van der Waals surface area contributed by atoms with Gasteiger partial charge in [0.2, 0.25) is 0 Å². The second kappa shape index (κ2) is 8.80. The first kappa shape index (κ1) is 18.4. The highest BCUT2D eigenvalue weighted by Crippen LogP contribution is 2.21. The number of amides is 1. The predicted octanol–water partition coefficient (Wildman–Crippen LogP) is 2.65. The monoisotopic (exact) mass is 347 g/mol. The molecule has 130 valence electrons. The molecule has 24 heavy (non-hydrogen) atoms. The van der Waals surface area contributed by atoms with Crippen molar-refractivity contribution < 1.29 is 9.53 Å². The van der Waals surface area contributed by atoms with E-state index in [1.165, 1.54) is 11.3 Å². The van der Waals surface area contributed by atoms with Gasteiger partial charge in [-0.25, -0.2) is 4.98 Å². The Morgan fingerprint density at radius 1 is 1.38 bits per heavy atom. The van der Waals surface area contributed by atoms with Gasteiger partial charge < -0.3 is 15.8 Å². The lowest BCUT2D eigenvalue weighted by Crippen LogP contribution is -2.40. The molecule has 1 unspecified atom stereocenters. The molecule has 5 nitrogen and oxygen atoms in total. The van der Waals surface area contributed by atoms with Crippen molar-refractivity contribution >= 4 is 17.2 Å². The molecule has 1 heterocycles. The van der Waals surface area contributed by atoms with E-state index in [1.54, 1.807) is 12.5 Å². The van der Waals surface area contributed by atoms with Crippen molar-refractivity contribution in [3.63, 3.8) is 0 Å². The molecule has 6 heteroatoms. The summed E-state index contributed by atoms with van der Waals surface area (Å²) in [7, 11) is 1.66. The molecule has 0 aliphatic carbocycles. The zero-order valence-corrected chi connectivity index (χ0v) is 15.2. The maximum absolute atomic E-state index is 12.5. The van der Waals surface area contributed by atoms with Gasteiger partial charge in [-0.05, 0) is 30.5 Å². The summed E-state index contributed by atoms with van der Waals surface area (Å²) in [6.45, 7) is 4.74. The topological polar surface area (TPSA) is 77.2 Å². The third-order valence-corrected chi connectivity index (χ3v) is 4.80. The number of thiazole rings is 1. The van der Waals surface area contributed by atoms with Crippen molar-refractivity contribution in [1.82, 2.24) is 10.3 Å². The first-order chi connectivity index (χ1) is 11.5. The number of nitrogens with two attached hydrogens (primary N) is 1. The molecule has 1 amide bonds. The molecule has 0 aliphatic heterocycles. The Morgan fingerprint density at radius 2 is 2.12 bits per heavy atom. The van der Waals surface area contributed by atoms with Crippen molar-refractivity contribution in [1.29, 1.82) is 0 Å². The van der Waals surface area contributed by atoms with Crippen molar-refractivity contribution in [3.05, 3.63) is 45.9 Å². The Kier molecular flexibility index (Phi) is 6.75. The van der Waals surface area contributed by atoms with Gasteiger partial charge >= 0.3 is 0 Å². The first-order valence-corrected chi connectivity index (χ1v) is 9.00. The minimum absolute atomic E-state index is 0.00783. The number of hydrogen-bond donors (Lipinski definition) is 2. The van der Waals surface area contributed by atoms with E-state index in [1.807, 2.05) is 24.3 Å². The average molecular weight is 347 g/mol. The van der Waals surface area contributed by atoms with Crippen molar-refractivity contribution in [2.24, 2.45) is 11.7 Å². The Bertz CT molecular complexity index is 670. The standard InChI is InChI=1S/C18H25N3O2S/c1-12(2)14(10-13-6-4-5-7-16(13)23-3)21-18(22)15-11-24-17(20-15)8-9-19/h4-7,11-12,14H,8-10,19H2,1-3H3,(H,21,22). The smallest absolute Gasteiger partial charge is 0.270 e. The number of ether oxygens (including phenoxy) is 1. The van der Waals surface area contributed by atoms with Crippen LogP contribution in [0.5, 0.6) is 5.75 Å². The predicted molar refractivity (Wildman–Crippen MR) is 97.7 cm³/mol. The van der Waals surface area contributed by atoms with E-state index >= 15 is 0 Å². The lowest BCUT2D eigenvalue weighted by molar-refractivity contribution is 0.0921. The average Bonchev–Trinajstić information content (AvgIpc) is 3.03. The van der Waals surface area contributed by atoms with Gasteiger partial charge in [0.05, 0.1) is 12.1 Å². The fourth-order valence-electron chi connectivity index (χ4n) is 2.46. The second-order valence-corrected chi connectivity index (χ2v) is 6.95. The molecule has 1 aromatic carbocycles. The third-order valence-electron chi connectivity index (χ3n) is 3.90. The molecule has 0 spiro atoms. The highest BCUT2D eigenvalue weighted by Gasteiger charge is 2.20. The van der Waals surface area contributed by atoms with Gasteiger partial charge in [0.15, 0.2) is 0 Å². The molecule has 1 aromatic heterocycles. The lowest BCUT2D eigenvalue weighted by atomic mass is 9.95. The summed E-state index contributed by atoms with van der Waals surface area (Å²) in [5.74, 6) is 1.00. The number of methoxy groups -OCH3 is 1. The van der Waals surface area contributed by atoms with Gasteiger partial charge in [-0.2, -0.15) is 0 Å². The third kappa shape index (κ3) is 4.79. The first-order valence-electron chi connectivity index (χ1n) is 8.12. The van der Waals surface area contributed by atoms with Crippen LogP contribution in [0.25, 0.3) is 0 Å². The number of carbonyl (C=O) groups excluding carboxylic acids is 1. The van der Waals surface area contributed by atoms with Gasteiger partial charge in [-0.3, -0.25) is 4.79 Å². The number of aromatic nitrogens is 1. The molecule has 0 aliphatic rings. The van der Waals surface area contributed by atoms with Crippen LogP contribution < -0.4 is 15.8 Å². The zero-order valence-electron chi connectivity index (χ0n) is 14.4. The maximum Gasteiger partial charge on any atom is 0.270 e. The fourth-order valence-corrected chi connectivity index (χ4v) is 3.25. The molecule has 0 fully saturated rings. The van der Waals surface area contributed by atoms with Crippen LogP contribution in [0.3, 0.4) is 0 Å². The maximum atomic E-state index is 12.5. The molecule has 3 N–H and O–H groups in total. The summed E-state index contributed by atoms with van der Waals surface area (Å²) in [5, 5.41) is 5.80. The SMILES string of the molecule is COc1ccccc1CC(NC(=O)c1csc(CCN)n1)C(C)C. The molecule has 1 atom stereocenters. The van der Waals surface area contributed by atoms with Gasteiger partial charge in [0.1, 0.15) is 11.4 Å². The summed E-state index contributed by atoms with van der Waals surface area (Å²) >= 11 is 1.48. The highest BCUT2D eigenvalue weighted by atomic mass is 32.1. The summed E-state index contributed by atoms with van der Waals surface area (Å²) in [4.78, 5) is 16.8. The summed E-state index contributed by atoms with van der Waals surface area (Å²) in [6, 6.07) is 7.90. The van der Waals surface area contributed by atoms with Gasteiger partial charge in [0.25, 0.3) is 5.91 Å². The quantitative estimate of drug-likeness (QED) is 0.769. The number of hydrogen-bond acceptors (Lipinski definition) is 5. The van der Waals surface area contributed by atoms with Crippen LogP contribution in [0, 0.1) is 5.92 Å². The van der Waals surface area contributed by atoms with Crippen LogP contribution >= 0.6 is 11.3 Å². The van der Waals surface area contributed by atoms with E-state index in [2.05, 4.69) is 24.1 Å². The van der Waals surface area contributed by atoms with Gasteiger partial charge in [0, 0.05) is 17.8 Å². The molecule has 0 radical (unpaired) electrons.